The molecule has 4 rings (SSSR count). The molecule has 0 bridgehead atoms. The fourth-order valence-corrected chi connectivity index (χ4v) is 4.66. The lowest BCUT2D eigenvalue weighted by Crippen LogP contribution is -2.36. The molecule has 0 fully saturated rings. The predicted octanol–water partition coefficient (Wildman–Crippen LogP) is 6.00. The number of carboxylic acids is 1. The van der Waals surface area contributed by atoms with Crippen molar-refractivity contribution >= 4 is 68.6 Å². The van der Waals surface area contributed by atoms with Gasteiger partial charge < -0.3 is 20.2 Å². The number of nitrogens with one attached hydrogen (secondary N) is 3. The van der Waals surface area contributed by atoms with Gasteiger partial charge in [0, 0.05) is 26.7 Å². The number of amides is 2. The molecule has 2 aromatic carbocycles. The van der Waals surface area contributed by atoms with E-state index in [4.69, 9.17) is 4.42 Å². The molecule has 0 aliphatic carbocycles. The molecular formula is C22H21N3O4S2. The molecule has 0 spiro atoms. The number of carbonyl (C=O) groups is 2. The van der Waals surface area contributed by atoms with E-state index >= 15 is 0 Å². The minimum Gasteiger partial charge on any atom is -0.480 e. The first-order chi connectivity index (χ1) is 14.9. The van der Waals surface area contributed by atoms with Gasteiger partial charge >= 0.3 is 12.0 Å². The Morgan fingerprint density at radius 1 is 1.00 bits per heavy atom. The summed E-state index contributed by atoms with van der Waals surface area (Å²) in [4.78, 5) is 24.4. The third-order valence-corrected chi connectivity index (χ3v) is 6.26. The fourth-order valence-electron chi connectivity index (χ4n) is 3.13. The molecule has 0 saturated heterocycles. The molecule has 2 amide bonds. The SMILES string of the molecule is CC(C)C(NSc1ccc2c(c1)oc1ccc(NC(=O)Nc3ccsc3)cc12)C(=O)O. The Morgan fingerprint density at radius 3 is 2.52 bits per heavy atom. The zero-order valence-electron chi connectivity index (χ0n) is 16.8. The molecule has 0 aliphatic rings. The number of hydrogen-bond donors (Lipinski definition) is 4. The molecule has 2 aromatic heterocycles. The maximum atomic E-state index is 12.2. The highest BCUT2D eigenvalue weighted by atomic mass is 32.2. The Kier molecular flexibility index (Phi) is 6.17. The van der Waals surface area contributed by atoms with Crippen molar-refractivity contribution in [3.8, 4) is 0 Å². The number of rotatable bonds is 7. The van der Waals surface area contributed by atoms with E-state index in [-0.39, 0.29) is 11.9 Å². The highest BCUT2D eigenvalue weighted by Crippen LogP contribution is 2.33. The van der Waals surface area contributed by atoms with E-state index in [1.54, 1.807) is 6.07 Å². The Morgan fingerprint density at radius 2 is 1.81 bits per heavy atom. The van der Waals surface area contributed by atoms with E-state index in [2.05, 4.69) is 15.4 Å². The van der Waals surface area contributed by atoms with Crippen LogP contribution in [-0.4, -0.2) is 23.1 Å². The summed E-state index contributed by atoms with van der Waals surface area (Å²) < 4.78 is 8.96. The molecule has 0 saturated carbocycles. The zero-order valence-corrected chi connectivity index (χ0v) is 18.5. The first kappa shape index (κ1) is 21.2. The van der Waals surface area contributed by atoms with Crippen molar-refractivity contribution < 1.29 is 19.1 Å². The molecule has 1 unspecified atom stereocenters. The summed E-state index contributed by atoms with van der Waals surface area (Å²) in [6.45, 7) is 3.72. The van der Waals surface area contributed by atoms with Crippen molar-refractivity contribution in [2.24, 2.45) is 5.92 Å². The van der Waals surface area contributed by atoms with E-state index < -0.39 is 12.0 Å². The molecular weight excluding hydrogens is 434 g/mol. The largest absolute Gasteiger partial charge is 0.480 e. The van der Waals surface area contributed by atoms with Crippen LogP contribution in [0.1, 0.15) is 13.8 Å². The third kappa shape index (κ3) is 4.84. The quantitative estimate of drug-likeness (QED) is 0.255. The summed E-state index contributed by atoms with van der Waals surface area (Å²) in [6, 6.07) is 12.1. The molecule has 2 heterocycles. The maximum absolute atomic E-state index is 12.2. The van der Waals surface area contributed by atoms with Crippen LogP contribution in [0.5, 0.6) is 0 Å². The van der Waals surface area contributed by atoms with Crippen LogP contribution in [0.15, 0.2) is 62.5 Å². The second-order valence-electron chi connectivity index (χ2n) is 7.34. The van der Waals surface area contributed by atoms with Gasteiger partial charge in [0.1, 0.15) is 17.2 Å². The van der Waals surface area contributed by atoms with Crippen LogP contribution in [0.4, 0.5) is 16.2 Å². The Bertz CT molecular complexity index is 1230. The number of hydrogen-bond acceptors (Lipinski definition) is 6. The number of thiophene rings is 1. The Hall–Kier alpha value is -3.01. The van der Waals surface area contributed by atoms with Gasteiger partial charge in [0.15, 0.2) is 0 Å². The molecule has 4 N–H and O–H groups in total. The van der Waals surface area contributed by atoms with Gasteiger partial charge in [-0.3, -0.25) is 4.79 Å². The van der Waals surface area contributed by atoms with Gasteiger partial charge in [0.2, 0.25) is 0 Å². The number of carboxylic acid groups (broad SMARTS) is 1. The fraction of sp³-hybridized carbons (Fsp3) is 0.182. The van der Waals surface area contributed by atoms with Crippen LogP contribution < -0.4 is 15.4 Å². The van der Waals surface area contributed by atoms with Gasteiger partial charge in [-0.1, -0.05) is 13.8 Å². The van der Waals surface area contributed by atoms with Crippen molar-refractivity contribution in [2.75, 3.05) is 10.6 Å². The Balaban J connectivity index is 1.52. The average molecular weight is 456 g/mol. The summed E-state index contributed by atoms with van der Waals surface area (Å²) in [7, 11) is 0. The summed E-state index contributed by atoms with van der Waals surface area (Å²) >= 11 is 2.78. The minimum atomic E-state index is -0.879. The van der Waals surface area contributed by atoms with Gasteiger partial charge in [-0.2, -0.15) is 11.3 Å². The molecule has 0 aliphatic heterocycles. The van der Waals surface area contributed by atoms with Crippen molar-refractivity contribution in [3.05, 3.63) is 53.2 Å². The summed E-state index contributed by atoms with van der Waals surface area (Å²) in [5.41, 5.74) is 2.81. The van der Waals surface area contributed by atoms with Crippen LogP contribution >= 0.6 is 23.3 Å². The lowest BCUT2D eigenvalue weighted by molar-refractivity contribution is -0.139. The van der Waals surface area contributed by atoms with Crippen molar-refractivity contribution in [2.45, 2.75) is 24.8 Å². The number of benzene rings is 2. The average Bonchev–Trinajstić information content (AvgIpc) is 3.34. The van der Waals surface area contributed by atoms with E-state index in [0.29, 0.717) is 16.9 Å². The normalized spacial score (nSPS) is 12.4. The van der Waals surface area contributed by atoms with Crippen molar-refractivity contribution in [1.29, 1.82) is 0 Å². The Labute approximate surface area is 187 Å². The summed E-state index contributed by atoms with van der Waals surface area (Å²) in [5, 5.41) is 20.5. The molecule has 1 atom stereocenters. The van der Waals surface area contributed by atoms with Gasteiger partial charge in [-0.25, -0.2) is 9.52 Å². The maximum Gasteiger partial charge on any atom is 0.323 e. The van der Waals surface area contributed by atoms with Crippen LogP contribution in [0.2, 0.25) is 0 Å². The number of fused-ring (bicyclic) bond motifs is 3. The topological polar surface area (TPSA) is 104 Å². The highest BCUT2D eigenvalue weighted by Gasteiger charge is 2.21. The zero-order chi connectivity index (χ0) is 22.0. The highest BCUT2D eigenvalue weighted by molar-refractivity contribution is 7.97. The molecule has 4 aromatic rings. The first-order valence-electron chi connectivity index (χ1n) is 9.62. The monoisotopic (exact) mass is 455 g/mol. The van der Waals surface area contributed by atoms with E-state index in [9.17, 15) is 14.7 Å². The van der Waals surface area contributed by atoms with E-state index in [1.165, 1.54) is 23.3 Å². The van der Waals surface area contributed by atoms with Crippen LogP contribution in [-0.2, 0) is 4.79 Å². The van der Waals surface area contributed by atoms with Crippen molar-refractivity contribution in [3.63, 3.8) is 0 Å². The van der Waals surface area contributed by atoms with Crippen LogP contribution in [0, 0.1) is 5.92 Å². The second-order valence-corrected chi connectivity index (χ2v) is 9.03. The lowest BCUT2D eigenvalue weighted by atomic mass is 10.1. The molecule has 0 radical (unpaired) electrons. The molecule has 9 heteroatoms. The lowest BCUT2D eigenvalue weighted by Gasteiger charge is -2.16. The molecule has 7 nitrogen and oxygen atoms in total. The number of carbonyl (C=O) groups excluding carboxylic acids is 1. The van der Waals surface area contributed by atoms with Gasteiger partial charge in [-0.15, -0.1) is 0 Å². The number of furan rings is 1. The summed E-state index contributed by atoms with van der Waals surface area (Å²) in [6.07, 6.45) is 0. The van der Waals surface area contributed by atoms with E-state index in [0.717, 1.165) is 21.4 Å². The van der Waals surface area contributed by atoms with Crippen LogP contribution in [0.3, 0.4) is 0 Å². The van der Waals surface area contributed by atoms with Gasteiger partial charge in [0.25, 0.3) is 0 Å². The number of aliphatic carboxylic acids is 1. The summed E-state index contributed by atoms with van der Waals surface area (Å²) in [5.74, 6) is -0.918. The van der Waals surface area contributed by atoms with Crippen molar-refractivity contribution in [1.82, 2.24) is 4.72 Å². The first-order valence-corrected chi connectivity index (χ1v) is 11.4. The van der Waals surface area contributed by atoms with Gasteiger partial charge in [-0.05, 0) is 65.7 Å². The van der Waals surface area contributed by atoms with Gasteiger partial charge in [0.05, 0.1) is 5.69 Å². The molecule has 31 heavy (non-hydrogen) atoms. The second kappa shape index (κ2) is 9.01. The standard InChI is InChI=1S/C22H21N3O4S2/c1-12(2)20(21(26)27)25-31-15-4-5-16-17-9-13(3-6-18(17)29-19(16)10-15)23-22(28)24-14-7-8-30-11-14/h3-12,20,25H,1-2H3,(H,26,27)(H2,23,24,28). The predicted molar refractivity (Wildman–Crippen MR) is 126 cm³/mol. The number of urea groups is 1. The molecule has 160 valence electrons. The van der Waals surface area contributed by atoms with Crippen LogP contribution in [0.25, 0.3) is 21.9 Å². The van der Waals surface area contributed by atoms with E-state index in [1.807, 2.05) is 61.0 Å². The number of anilines is 2. The third-order valence-electron chi connectivity index (χ3n) is 4.72. The minimum absolute atomic E-state index is 0.0391. The smallest absolute Gasteiger partial charge is 0.323 e.